The van der Waals surface area contributed by atoms with Crippen molar-refractivity contribution in [1.82, 2.24) is 10.2 Å². The van der Waals surface area contributed by atoms with E-state index >= 15 is 0 Å². The first-order valence-electron chi connectivity index (χ1n) is 12.4. The van der Waals surface area contributed by atoms with E-state index in [1.54, 1.807) is 67.6 Å². The van der Waals surface area contributed by atoms with E-state index in [-0.39, 0.29) is 17.3 Å². The van der Waals surface area contributed by atoms with Crippen molar-refractivity contribution in [3.63, 3.8) is 0 Å². The van der Waals surface area contributed by atoms with Gasteiger partial charge in [0.25, 0.3) is 10.0 Å². The summed E-state index contributed by atoms with van der Waals surface area (Å²) >= 11 is 14.9. The molecule has 0 fully saturated rings. The molecule has 0 saturated carbocycles. The Morgan fingerprint density at radius 2 is 1.56 bits per heavy atom. The molecule has 0 aliphatic heterocycles. The van der Waals surface area contributed by atoms with Crippen LogP contribution in [-0.2, 0) is 26.2 Å². The van der Waals surface area contributed by atoms with E-state index < -0.39 is 28.5 Å². The van der Waals surface area contributed by atoms with Gasteiger partial charge in [-0.05, 0) is 84.5 Å². The van der Waals surface area contributed by atoms with Crippen LogP contribution in [0, 0.1) is 3.57 Å². The summed E-state index contributed by atoms with van der Waals surface area (Å²) in [5.41, 5.74) is 0.789. The summed E-state index contributed by atoms with van der Waals surface area (Å²) in [6.07, 6.45) is 1.69. The smallest absolute Gasteiger partial charge is 0.264 e. The number of carbonyl (C=O) groups excluding carboxylic acids is 2. The number of hydrogen-bond donors (Lipinski definition) is 1. The van der Waals surface area contributed by atoms with Crippen molar-refractivity contribution in [3.8, 4) is 0 Å². The number of nitrogens with one attached hydrogen (secondary N) is 1. The molecule has 1 atom stereocenters. The minimum absolute atomic E-state index is 0.0439. The van der Waals surface area contributed by atoms with Gasteiger partial charge in [-0.25, -0.2) is 8.42 Å². The van der Waals surface area contributed by atoms with Crippen LogP contribution in [0.2, 0.25) is 10.0 Å². The fraction of sp³-hybridized carbons (Fsp3) is 0.286. The fourth-order valence-corrected chi connectivity index (χ4v) is 6.14. The molecule has 2 amide bonds. The maximum atomic E-state index is 13.9. The second-order valence-electron chi connectivity index (χ2n) is 8.84. The minimum atomic E-state index is -4.12. The topological polar surface area (TPSA) is 86.8 Å². The lowest BCUT2D eigenvalue weighted by Crippen LogP contribution is -2.51. The first kappa shape index (κ1) is 31.2. The maximum absolute atomic E-state index is 13.9. The van der Waals surface area contributed by atoms with Gasteiger partial charge in [-0.3, -0.25) is 13.9 Å². The summed E-state index contributed by atoms with van der Waals surface area (Å²) in [6, 6.07) is 18.8. The van der Waals surface area contributed by atoms with E-state index in [1.807, 2.05) is 6.92 Å². The predicted molar refractivity (Wildman–Crippen MR) is 165 cm³/mol. The van der Waals surface area contributed by atoms with Crippen molar-refractivity contribution in [3.05, 3.63) is 92.0 Å². The molecule has 3 aromatic carbocycles. The summed E-state index contributed by atoms with van der Waals surface area (Å²) < 4.78 is 29.5. The van der Waals surface area contributed by atoms with Crippen molar-refractivity contribution in [2.24, 2.45) is 0 Å². The molecule has 0 bridgehead atoms. The highest BCUT2D eigenvalue weighted by Crippen LogP contribution is 2.28. The van der Waals surface area contributed by atoms with Crippen molar-refractivity contribution >= 4 is 73.3 Å². The summed E-state index contributed by atoms with van der Waals surface area (Å²) in [5.74, 6) is -0.936. The maximum Gasteiger partial charge on any atom is 0.264 e. The summed E-state index contributed by atoms with van der Waals surface area (Å²) in [5, 5.41) is 3.53. The minimum Gasteiger partial charge on any atom is -0.354 e. The lowest BCUT2D eigenvalue weighted by atomic mass is 10.1. The lowest BCUT2D eigenvalue weighted by Gasteiger charge is -2.32. The quantitative estimate of drug-likeness (QED) is 0.182. The molecule has 0 aliphatic rings. The summed E-state index contributed by atoms with van der Waals surface area (Å²) in [6.45, 7) is 3.46. The molecule has 11 heteroatoms. The first-order chi connectivity index (χ1) is 18.6. The average Bonchev–Trinajstić information content (AvgIpc) is 2.92. The molecule has 0 aliphatic carbocycles. The molecule has 39 heavy (non-hydrogen) atoms. The fourth-order valence-electron chi connectivity index (χ4n) is 3.83. The summed E-state index contributed by atoms with van der Waals surface area (Å²) in [4.78, 5) is 28.3. The van der Waals surface area contributed by atoms with Gasteiger partial charge < -0.3 is 10.2 Å². The van der Waals surface area contributed by atoms with Crippen molar-refractivity contribution in [2.45, 2.75) is 44.2 Å². The molecule has 0 heterocycles. The van der Waals surface area contributed by atoms with Gasteiger partial charge in [0.15, 0.2) is 0 Å². The SMILES string of the molecule is CCCCNC(=O)[C@H](C)N(Cc1c(Cl)cccc1Cl)C(=O)CN(c1ccc(I)cc1)S(=O)(=O)c1ccccc1. The number of benzene rings is 3. The number of hydrogen-bond acceptors (Lipinski definition) is 4. The van der Waals surface area contributed by atoms with E-state index in [9.17, 15) is 18.0 Å². The summed E-state index contributed by atoms with van der Waals surface area (Å²) in [7, 11) is -4.12. The van der Waals surface area contributed by atoms with Gasteiger partial charge in [-0.2, -0.15) is 0 Å². The third-order valence-corrected chi connectivity index (χ3v) is 9.33. The van der Waals surface area contributed by atoms with Gasteiger partial charge in [0.2, 0.25) is 11.8 Å². The molecule has 7 nitrogen and oxygen atoms in total. The monoisotopic (exact) mass is 701 g/mol. The van der Waals surface area contributed by atoms with Crippen LogP contribution < -0.4 is 9.62 Å². The normalized spacial score (nSPS) is 12.0. The molecule has 0 saturated heterocycles. The molecule has 3 rings (SSSR count). The second kappa shape index (κ2) is 14.3. The zero-order chi connectivity index (χ0) is 28.6. The molecule has 0 aromatic heterocycles. The van der Waals surface area contributed by atoms with E-state index in [0.29, 0.717) is 27.8 Å². The van der Waals surface area contributed by atoms with Crippen LogP contribution in [0.3, 0.4) is 0 Å². The van der Waals surface area contributed by atoms with Crippen LogP contribution in [-0.4, -0.2) is 44.3 Å². The van der Waals surface area contributed by atoms with Crippen LogP contribution >= 0.6 is 45.8 Å². The van der Waals surface area contributed by atoms with E-state index in [4.69, 9.17) is 23.2 Å². The molecule has 3 aromatic rings. The zero-order valence-corrected chi connectivity index (χ0v) is 26.1. The van der Waals surface area contributed by atoms with E-state index in [0.717, 1.165) is 20.7 Å². The zero-order valence-electron chi connectivity index (χ0n) is 21.6. The molecule has 0 spiro atoms. The number of carbonyl (C=O) groups is 2. The Morgan fingerprint density at radius 3 is 2.15 bits per heavy atom. The highest BCUT2D eigenvalue weighted by atomic mass is 127. The highest BCUT2D eigenvalue weighted by Gasteiger charge is 2.33. The van der Waals surface area contributed by atoms with Gasteiger partial charge in [-0.1, -0.05) is 60.8 Å². The van der Waals surface area contributed by atoms with E-state index in [1.165, 1.54) is 17.0 Å². The molecule has 208 valence electrons. The largest absolute Gasteiger partial charge is 0.354 e. The van der Waals surface area contributed by atoms with Crippen molar-refractivity contribution in [2.75, 3.05) is 17.4 Å². The van der Waals surface area contributed by atoms with Crippen LogP contribution in [0.4, 0.5) is 5.69 Å². The van der Waals surface area contributed by atoms with Crippen LogP contribution in [0.5, 0.6) is 0 Å². The Hall–Kier alpha value is -2.34. The van der Waals surface area contributed by atoms with Crippen molar-refractivity contribution in [1.29, 1.82) is 0 Å². The second-order valence-corrected chi connectivity index (χ2v) is 12.8. The Labute approximate surface area is 253 Å². The van der Waals surface area contributed by atoms with Gasteiger partial charge in [0.1, 0.15) is 12.6 Å². The van der Waals surface area contributed by atoms with Crippen LogP contribution in [0.1, 0.15) is 32.3 Å². The molecule has 1 N–H and O–H groups in total. The number of sulfonamides is 1. The van der Waals surface area contributed by atoms with Gasteiger partial charge in [0.05, 0.1) is 10.6 Å². The third-order valence-electron chi connectivity index (χ3n) is 6.11. The Morgan fingerprint density at radius 1 is 0.949 bits per heavy atom. The third kappa shape index (κ3) is 8.09. The molecular weight excluding hydrogens is 672 g/mol. The lowest BCUT2D eigenvalue weighted by molar-refractivity contribution is -0.139. The number of nitrogens with zero attached hydrogens (tertiary/aromatic N) is 2. The van der Waals surface area contributed by atoms with Gasteiger partial charge in [-0.15, -0.1) is 0 Å². The van der Waals surface area contributed by atoms with E-state index in [2.05, 4.69) is 27.9 Å². The Kier molecular flexibility index (Phi) is 11.5. The number of anilines is 1. The Balaban J connectivity index is 2.02. The molecule has 0 radical (unpaired) electrons. The number of rotatable bonds is 12. The average molecular weight is 702 g/mol. The van der Waals surface area contributed by atoms with Gasteiger partial charge >= 0.3 is 0 Å². The number of amides is 2. The highest BCUT2D eigenvalue weighted by molar-refractivity contribution is 14.1. The van der Waals surface area contributed by atoms with Gasteiger partial charge in [0, 0.05) is 32.3 Å². The van der Waals surface area contributed by atoms with Crippen LogP contribution in [0.15, 0.2) is 77.7 Å². The number of unbranched alkanes of at least 4 members (excludes halogenated alkanes) is 1. The number of halogens is 3. The van der Waals surface area contributed by atoms with Crippen molar-refractivity contribution < 1.29 is 18.0 Å². The molecule has 0 unspecified atom stereocenters. The first-order valence-corrected chi connectivity index (χ1v) is 15.7. The molecular formula is C28H30Cl2IN3O4S. The predicted octanol–water partition coefficient (Wildman–Crippen LogP) is 6.13. The van der Waals surface area contributed by atoms with Crippen LogP contribution in [0.25, 0.3) is 0 Å². The Bertz CT molecular complexity index is 1370. The standard InChI is InChI=1S/C28H30Cl2IN3O4S/c1-3-4-17-32-28(36)20(2)33(18-24-25(29)11-8-12-26(24)30)27(35)19-34(22-15-13-21(31)14-16-22)39(37,38)23-9-6-5-7-10-23/h5-16,20H,3-4,17-19H2,1-2H3,(H,32,36)/t20-/m0/s1.